The number of carbonyl (C=O) groups excluding carboxylic acids is 9. The van der Waals surface area contributed by atoms with Gasteiger partial charge in [-0.1, -0.05) is 62.6 Å². The molecule has 458 valence electrons. The number of amides is 10. The number of urea groups is 1. The predicted octanol–water partition coefficient (Wildman–Crippen LogP) is 5.42. The second-order valence-corrected chi connectivity index (χ2v) is 22.5. The van der Waals surface area contributed by atoms with Gasteiger partial charge in [0.2, 0.25) is 23.6 Å². The summed E-state index contributed by atoms with van der Waals surface area (Å²) in [5.74, 6) is -3.75. The Hall–Kier alpha value is -8.13. The van der Waals surface area contributed by atoms with Crippen LogP contribution in [0.5, 0.6) is 5.75 Å². The van der Waals surface area contributed by atoms with E-state index in [0.717, 1.165) is 16.0 Å². The highest BCUT2D eigenvalue weighted by Gasteiger charge is 2.64. The van der Waals surface area contributed by atoms with Crippen LogP contribution in [0.1, 0.15) is 91.5 Å². The predicted molar refractivity (Wildman–Crippen MR) is 313 cm³/mol. The van der Waals surface area contributed by atoms with Crippen molar-refractivity contribution in [2.24, 2.45) is 17.6 Å². The molecule has 2 aromatic carbocycles. The largest absolute Gasteiger partial charge is 0.495 e. The van der Waals surface area contributed by atoms with Gasteiger partial charge in [-0.3, -0.25) is 49.3 Å². The summed E-state index contributed by atoms with van der Waals surface area (Å²) in [5.41, 5.74) is 4.54. The first kappa shape index (κ1) is 64.4. The summed E-state index contributed by atoms with van der Waals surface area (Å²) in [5, 5.41) is 28.6. The number of anilines is 3. The number of nitrogens with two attached hydrogens (primary N) is 1. The normalized spacial score (nSPS) is 24.9. The van der Waals surface area contributed by atoms with Crippen LogP contribution >= 0.6 is 11.6 Å². The number of rotatable bonds is 20. The van der Waals surface area contributed by atoms with E-state index in [4.69, 9.17) is 41.0 Å². The number of unbranched alkanes of at least 4 members (excludes halogenated alkanes) is 2. The van der Waals surface area contributed by atoms with E-state index in [1.54, 1.807) is 64.1 Å². The van der Waals surface area contributed by atoms with Crippen LogP contribution in [0.15, 0.2) is 78.5 Å². The molecule has 0 aliphatic carbocycles. The quantitative estimate of drug-likeness (QED) is 0.0398. The summed E-state index contributed by atoms with van der Waals surface area (Å²) >= 11 is 6.86. The Labute approximate surface area is 497 Å². The third kappa shape index (κ3) is 16.0. The molecule has 9 N–H and O–H groups in total. The van der Waals surface area contributed by atoms with Gasteiger partial charge in [-0.25, -0.2) is 14.4 Å². The van der Waals surface area contributed by atoms with Crippen LogP contribution in [0.3, 0.4) is 0 Å². The van der Waals surface area contributed by atoms with E-state index in [0.29, 0.717) is 42.5 Å². The summed E-state index contributed by atoms with van der Waals surface area (Å²) in [4.78, 5) is 126. The van der Waals surface area contributed by atoms with Gasteiger partial charge in [-0.2, -0.15) is 0 Å². The number of primary amides is 1. The Kier molecular flexibility index (Phi) is 21.4. The molecule has 0 spiro atoms. The molecule has 4 bridgehead atoms. The number of alkyl carbamates (subject to hydrolysis) is 1. The minimum atomic E-state index is -1.91. The maximum absolute atomic E-state index is 14.5. The summed E-state index contributed by atoms with van der Waals surface area (Å²) in [6.45, 7) is 9.08. The molecule has 2 saturated heterocycles. The van der Waals surface area contributed by atoms with Crippen LogP contribution in [0.4, 0.5) is 31.4 Å². The molecule has 3 aromatic rings. The van der Waals surface area contributed by atoms with Crippen LogP contribution in [-0.4, -0.2) is 151 Å². The van der Waals surface area contributed by atoms with Crippen molar-refractivity contribution < 1.29 is 71.9 Å². The van der Waals surface area contributed by atoms with E-state index >= 15 is 0 Å². The lowest BCUT2D eigenvalue weighted by Gasteiger charge is -2.42. The number of methoxy groups -OCH3 is 2. The summed E-state index contributed by atoms with van der Waals surface area (Å²) in [7, 11) is 4.39. The number of nitrogens with zero attached hydrogens (tertiary/aromatic N) is 3. The van der Waals surface area contributed by atoms with E-state index in [9.17, 15) is 48.3 Å². The third-order valence-electron chi connectivity index (χ3n) is 15.5. The minimum absolute atomic E-state index is 0.0226. The van der Waals surface area contributed by atoms with Crippen molar-refractivity contribution in [2.75, 3.05) is 49.9 Å². The van der Waals surface area contributed by atoms with Gasteiger partial charge in [0.15, 0.2) is 5.72 Å². The Morgan fingerprint density at radius 3 is 2.40 bits per heavy atom. The highest BCUT2D eigenvalue weighted by molar-refractivity contribution is 6.35. The molecule has 4 aliphatic rings. The zero-order chi connectivity index (χ0) is 61.9. The van der Waals surface area contributed by atoms with Gasteiger partial charge in [0.25, 0.3) is 11.8 Å². The fourth-order valence-electron chi connectivity index (χ4n) is 10.7. The molecule has 0 radical (unpaired) electrons. The van der Waals surface area contributed by atoms with Crippen molar-refractivity contribution in [3.05, 3.63) is 89.1 Å². The SMILES string of the molecule is COc1cc2cc(c1Cl)N(C)C(=O)C[C@H](OC(=O)Nc1ccc(NC(=O)[C@H](CCCNC(N)=O)NC(=O)[C@@H](NC(=O)CCCCCN3C(=O)C=CC3=O)C(C)C)c3ncccc13)[C@]1(C)O[C@H]1[C@H](C)[C@@H]1C[C@@](O)(NC(=O)O1)[C@H](OC)/C=C/C=C(\C)C2. The monoisotopic (exact) mass is 1200 g/mol. The van der Waals surface area contributed by atoms with Crippen LogP contribution in [-0.2, 0) is 54.1 Å². The average Bonchev–Trinajstić information content (AvgIpc) is 1.79. The molecule has 0 saturated carbocycles. The number of nitrogens with one attached hydrogen (secondary N) is 6. The number of halogens is 1. The third-order valence-corrected chi connectivity index (χ3v) is 15.9. The molecular formula is C59H75ClN10O15. The standard InChI is InChI=1S/C59H75ClN10O15/c1-32(2)50(67-45(71)19-10-9-11-26-70-46(72)22-23-47(70)73)54(76)65-39(17-14-25-63-55(61)77)53(75)64-38-21-20-37(36-16-13-24-62-51(36)38)66-56(78)84-44-30-48(74)69(6)40-28-35(29-41(81-7)49(40)60)27-33(3)15-12-18-43(82-8)59(80)31-42(83-57(79)68-59)34(4)52-58(44,5)85-52/h12-13,15-16,18,20-24,28-29,32,34,39,42-44,50,52,80H,9-11,14,17,19,25-27,30-31H2,1-8H3,(H,64,75)(H,65,76)(H,66,78)(H,67,71)(H,68,79)(H3,61,63,77)/b18-12+,33-15+/t34-,39+,42+,43-,44+,50+,52+,58+,59+/m1/s1. The lowest BCUT2D eigenvalue weighted by molar-refractivity contribution is -0.142. The lowest BCUT2D eigenvalue weighted by Crippen LogP contribution is -2.63. The molecule has 85 heavy (non-hydrogen) atoms. The molecule has 10 amide bonds. The molecule has 7 rings (SSSR count). The lowest BCUT2D eigenvalue weighted by atomic mass is 9.83. The topological polar surface area (TPSA) is 341 Å². The molecule has 25 nitrogen and oxygen atoms in total. The first-order valence-corrected chi connectivity index (χ1v) is 28.5. The second kappa shape index (κ2) is 28.2. The van der Waals surface area contributed by atoms with Gasteiger partial charge in [0, 0.05) is 69.7 Å². The maximum atomic E-state index is 14.5. The number of aliphatic hydroxyl groups is 1. The Bertz CT molecular complexity index is 3140. The first-order valence-electron chi connectivity index (χ1n) is 28.1. The summed E-state index contributed by atoms with van der Waals surface area (Å²) < 4.78 is 29.6. The highest BCUT2D eigenvalue weighted by atomic mass is 35.5. The maximum Gasteiger partial charge on any atom is 0.412 e. The van der Waals surface area contributed by atoms with Crippen molar-refractivity contribution in [1.82, 2.24) is 31.2 Å². The van der Waals surface area contributed by atoms with E-state index in [2.05, 4.69) is 36.9 Å². The molecule has 0 unspecified atom stereocenters. The Morgan fingerprint density at radius 1 is 0.976 bits per heavy atom. The van der Waals surface area contributed by atoms with Crippen molar-refractivity contribution >= 4 is 93.2 Å². The van der Waals surface area contributed by atoms with Crippen LogP contribution in [0, 0.1) is 11.8 Å². The van der Waals surface area contributed by atoms with Crippen molar-refractivity contribution in [2.45, 2.75) is 140 Å². The van der Waals surface area contributed by atoms with E-state index in [1.807, 2.05) is 13.0 Å². The number of allylic oxidation sites excluding steroid dienone is 3. The molecule has 4 aliphatic heterocycles. The zero-order valence-corrected chi connectivity index (χ0v) is 49.5. The average molecular weight is 1200 g/mol. The molecule has 26 heteroatoms. The van der Waals surface area contributed by atoms with Crippen molar-refractivity contribution in [1.29, 1.82) is 0 Å². The van der Waals surface area contributed by atoms with Gasteiger partial charge in [-0.15, -0.1) is 0 Å². The van der Waals surface area contributed by atoms with Gasteiger partial charge in [-0.05, 0) is 93.8 Å². The minimum Gasteiger partial charge on any atom is -0.495 e. The van der Waals surface area contributed by atoms with Gasteiger partial charge < -0.3 is 60.7 Å². The number of hydrogen-bond donors (Lipinski definition) is 8. The van der Waals surface area contributed by atoms with Crippen LogP contribution in [0.25, 0.3) is 10.9 Å². The first-order chi connectivity index (χ1) is 40.4. The van der Waals surface area contributed by atoms with E-state index < -0.39 is 108 Å². The molecule has 9 atom stereocenters. The van der Waals surface area contributed by atoms with Gasteiger partial charge >= 0.3 is 18.2 Å². The second-order valence-electron chi connectivity index (χ2n) is 22.1. The Balaban J connectivity index is 1.09. The van der Waals surface area contributed by atoms with Crippen molar-refractivity contribution in [3.8, 4) is 5.75 Å². The number of hydrogen-bond acceptors (Lipinski definition) is 16. The van der Waals surface area contributed by atoms with E-state index in [1.165, 1.54) is 56.6 Å². The molecule has 5 heterocycles. The zero-order valence-electron chi connectivity index (χ0n) is 48.8. The van der Waals surface area contributed by atoms with Crippen LogP contribution in [0.2, 0.25) is 5.02 Å². The highest BCUT2D eigenvalue weighted by Crippen LogP contribution is 2.49. The number of aromatic nitrogens is 1. The number of epoxide rings is 1. The smallest absolute Gasteiger partial charge is 0.412 e. The van der Waals surface area contributed by atoms with E-state index in [-0.39, 0.29) is 72.5 Å². The fourth-order valence-corrected chi connectivity index (χ4v) is 11.0. The number of ether oxygens (including phenoxy) is 5. The summed E-state index contributed by atoms with van der Waals surface area (Å²) in [6.07, 6.45) is 4.69. The van der Waals surface area contributed by atoms with Crippen molar-refractivity contribution in [3.63, 3.8) is 0 Å². The van der Waals surface area contributed by atoms with Gasteiger partial charge in [0.1, 0.15) is 46.8 Å². The number of benzene rings is 2. The number of pyridine rings is 1. The van der Waals surface area contributed by atoms with Gasteiger partial charge in [0.05, 0.1) is 42.2 Å². The summed E-state index contributed by atoms with van der Waals surface area (Å²) in [6, 6.07) is 6.70. The number of carbonyl (C=O) groups is 9. The number of imide groups is 1. The molecular weight excluding hydrogens is 1120 g/mol. The van der Waals surface area contributed by atoms with Crippen LogP contribution < -0.4 is 47.3 Å². The molecule has 1 aromatic heterocycles. The Morgan fingerprint density at radius 2 is 1.71 bits per heavy atom. The number of fused-ring (bicyclic) bond motifs is 6. The fraction of sp³-hybridized carbons (Fsp3) is 0.492. The molecule has 2 fully saturated rings.